The number of hydrogen-bond donors (Lipinski definition) is 3. The minimum absolute atomic E-state index is 0.00503. The van der Waals surface area contributed by atoms with E-state index in [0.717, 1.165) is 23.8 Å². The summed E-state index contributed by atoms with van der Waals surface area (Å²) in [6, 6.07) is 12.6. The van der Waals surface area contributed by atoms with Gasteiger partial charge in [-0.25, -0.2) is 15.0 Å². The number of rotatable bonds is 5. The van der Waals surface area contributed by atoms with Gasteiger partial charge in [0.1, 0.15) is 18.5 Å². The average molecular weight is 729 g/mol. The average Bonchev–Trinajstić information content (AvgIpc) is 3.54. The van der Waals surface area contributed by atoms with Gasteiger partial charge in [-0.1, -0.05) is 35.3 Å². The van der Waals surface area contributed by atoms with Gasteiger partial charge in [0.2, 0.25) is 11.9 Å². The van der Waals surface area contributed by atoms with Crippen molar-refractivity contribution in [1.29, 1.82) is 0 Å². The number of nitrogens with one attached hydrogen (secondary N) is 2. The minimum atomic E-state index is -4.60. The van der Waals surface area contributed by atoms with Crippen molar-refractivity contribution in [2.75, 3.05) is 25.0 Å². The van der Waals surface area contributed by atoms with Crippen LogP contribution >= 0.6 is 23.2 Å². The summed E-state index contributed by atoms with van der Waals surface area (Å²) in [4.78, 5) is 53.4. The number of nitrogens with zero attached hydrogens (tertiary/aromatic N) is 5. The summed E-state index contributed by atoms with van der Waals surface area (Å²) in [7, 11) is 0. The van der Waals surface area contributed by atoms with Crippen molar-refractivity contribution in [2.24, 2.45) is 10.4 Å². The number of guanidine groups is 1. The fourth-order valence-corrected chi connectivity index (χ4v) is 7.51. The van der Waals surface area contributed by atoms with Crippen LogP contribution in [0.5, 0.6) is 5.75 Å². The van der Waals surface area contributed by atoms with Crippen molar-refractivity contribution in [1.82, 2.24) is 25.2 Å². The third-order valence-electron chi connectivity index (χ3n) is 9.62. The molecule has 16 heteroatoms. The number of fused-ring (bicyclic) bond motifs is 2. The zero-order valence-corrected chi connectivity index (χ0v) is 27.8. The Morgan fingerprint density at radius 1 is 1.06 bits per heavy atom. The van der Waals surface area contributed by atoms with Gasteiger partial charge in [0.05, 0.1) is 16.3 Å². The van der Waals surface area contributed by atoms with E-state index < -0.39 is 35.1 Å². The second kappa shape index (κ2) is 12.9. The monoisotopic (exact) mass is 727 g/mol. The number of anilines is 1. The normalized spacial score (nSPS) is 20.1. The molecule has 0 radical (unpaired) electrons. The number of carbonyl (C=O) groups excluding carboxylic acids is 3. The highest BCUT2D eigenvalue weighted by Gasteiger charge is 2.52. The van der Waals surface area contributed by atoms with E-state index in [9.17, 15) is 32.7 Å². The van der Waals surface area contributed by atoms with Crippen molar-refractivity contribution < 1.29 is 32.7 Å². The molecule has 4 heterocycles. The number of allylic oxidation sites excluding steroid dienone is 1. The van der Waals surface area contributed by atoms with E-state index >= 15 is 0 Å². The third-order valence-corrected chi connectivity index (χ3v) is 10.2. The van der Waals surface area contributed by atoms with Gasteiger partial charge in [-0.15, -0.1) is 0 Å². The van der Waals surface area contributed by atoms with Gasteiger partial charge >= 0.3 is 6.18 Å². The Morgan fingerprint density at radius 3 is 2.48 bits per heavy atom. The molecule has 3 amide bonds. The maximum Gasteiger partial charge on any atom is 0.416 e. The number of aromatic nitrogens is 1. The first kappa shape index (κ1) is 33.8. The lowest BCUT2D eigenvalue weighted by Gasteiger charge is -2.50. The number of pyridine rings is 1. The van der Waals surface area contributed by atoms with E-state index in [4.69, 9.17) is 28.2 Å². The number of halogens is 5. The smallest absolute Gasteiger partial charge is 0.416 e. The number of aliphatic imine (C=N–C) groups is 1. The highest BCUT2D eigenvalue weighted by atomic mass is 35.5. The molecule has 4 aliphatic rings. The van der Waals surface area contributed by atoms with E-state index in [2.05, 4.69) is 15.7 Å². The molecule has 1 aliphatic carbocycles. The van der Waals surface area contributed by atoms with Crippen molar-refractivity contribution in [2.45, 2.75) is 44.4 Å². The molecule has 1 fully saturated rings. The number of carbonyl (C=O) groups is 3. The van der Waals surface area contributed by atoms with Crippen LogP contribution in [0.4, 0.5) is 18.9 Å². The third kappa shape index (κ3) is 6.16. The van der Waals surface area contributed by atoms with Crippen LogP contribution in [0.3, 0.4) is 0 Å². The molecule has 0 saturated carbocycles. The fraction of sp³-hybridized carbons (Fsp3) is 0.324. The zero-order chi connectivity index (χ0) is 35.4. The van der Waals surface area contributed by atoms with E-state index in [-0.39, 0.29) is 40.6 Å². The molecule has 3 aromatic rings. The summed E-state index contributed by atoms with van der Waals surface area (Å²) >= 11 is 12.2. The second-order valence-corrected chi connectivity index (χ2v) is 13.4. The fourth-order valence-electron chi connectivity index (χ4n) is 7.16. The molecule has 260 valence electrons. The van der Waals surface area contributed by atoms with E-state index in [0.29, 0.717) is 61.5 Å². The lowest BCUT2D eigenvalue weighted by Crippen LogP contribution is -2.59. The van der Waals surface area contributed by atoms with Crippen LogP contribution in [0.1, 0.15) is 59.9 Å². The molecule has 1 saturated heterocycles. The Labute approximate surface area is 294 Å². The van der Waals surface area contributed by atoms with Crippen LogP contribution < -0.4 is 10.7 Å². The first-order valence-corrected chi connectivity index (χ1v) is 16.7. The molecule has 1 spiro atoms. The van der Waals surface area contributed by atoms with Crippen molar-refractivity contribution in [3.63, 3.8) is 0 Å². The van der Waals surface area contributed by atoms with Crippen LogP contribution in [0.25, 0.3) is 0 Å². The summed E-state index contributed by atoms with van der Waals surface area (Å²) in [6.45, 7) is 0.314. The van der Waals surface area contributed by atoms with E-state index in [1.165, 1.54) is 23.3 Å². The molecule has 50 heavy (non-hydrogen) atoms. The Hall–Kier alpha value is -4.66. The number of hydrogen-bond acceptors (Lipinski definition) is 8. The van der Waals surface area contributed by atoms with Crippen LogP contribution in [0, 0.1) is 5.41 Å². The Kier molecular flexibility index (Phi) is 8.73. The molecule has 0 bridgehead atoms. The number of alkyl halides is 3. The van der Waals surface area contributed by atoms with E-state index in [1.807, 2.05) is 0 Å². The number of benzene rings is 2. The molecule has 1 atom stereocenters. The zero-order valence-electron chi connectivity index (χ0n) is 26.3. The minimum Gasteiger partial charge on any atom is -0.505 e. The van der Waals surface area contributed by atoms with Crippen LogP contribution in [0.2, 0.25) is 10.0 Å². The van der Waals surface area contributed by atoms with Crippen LogP contribution in [-0.4, -0.2) is 68.2 Å². The molecular formula is C34H30Cl2F3N7O4. The summed E-state index contributed by atoms with van der Waals surface area (Å²) in [6.07, 6.45) is -1.08. The first-order valence-electron chi connectivity index (χ1n) is 15.9. The van der Waals surface area contributed by atoms with Gasteiger partial charge < -0.3 is 20.2 Å². The predicted molar refractivity (Wildman–Crippen MR) is 178 cm³/mol. The molecule has 3 N–H and O–H groups in total. The van der Waals surface area contributed by atoms with Gasteiger partial charge in [0.25, 0.3) is 11.8 Å². The first-order chi connectivity index (χ1) is 23.8. The molecule has 3 aliphatic heterocycles. The topological polar surface area (TPSA) is 130 Å². The van der Waals surface area contributed by atoms with Gasteiger partial charge in [0.15, 0.2) is 5.69 Å². The maximum absolute atomic E-state index is 14.5. The van der Waals surface area contributed by atoms with Gasteiger partial charge in [0, 0.05) is 41.0 Å². The van der Waals surface area contributed by atoms with Gasteiger partial charge in [-0.2, -0.15) is 18.6 Å². The predicted octanol–water partition coefficient (Wildman–Crippen LogP) is 6.13. The molecular weight excluding hydrogens is 698 g/mol. The molecule has 1 aromatic heterocycles. The number of aromatic hydroxyl groups is 1. The van der Waals surface area contributed by atoms with Crippen LogP contribution in [0.15, 0.2) is 77.1 Å². The highest BCUT2D eigenvalue weighted by molar-refractivity contribution is 6.33. The summed E-state index contributed by atoms with van der Waals surface area (Å²) in [5, 5.41) is 14.4. The number of hydrazine groups is 1. The van der Waals surface area contributed by atoms with Gasteiger partial charge in [-0.05, 0) is 80.1 Å². The SMILES string of the molecule is O=C(CN1C2=NC(c3ccc(Cl)cc3)NN2C(=O)C2=C1CCCC21CCN(C(=O)c2ncccc2O)CC1)Nc1ccc(C(F)(F)F)cc1Cl. The molecule has 11 nitrogen and oxygen atoms in total. The summed E-state index contributed by atoms with van der Waals surface area (Å²) in [5.41, 5.74) is 3.45. The molecule has 7 rings (SSSR count). The lowest BCUT2D eigenvalue weighted by molar-refractivity contribution is -0.137. The highest BCUT2D eigenvalue weighted by Crippen LogP contribution is 2.51. The van der Waals surface area contributed by atoms with Crippen LogP contribution in [-0.2, 0) is 15.8 Å². The second-order valence-electron chi connectivity index (χ2n) is 12.6. The Morgan fingerprint density at radius 2 is 1.80 bits per heavy atom. The summed E-state index contributed by atoms with van der Waals surface area (Å²) in [5.74, 6) is -1.30. The van der Waals surface area contributed by atoms with Crippen molar-refractivity contribution >= 4 is 52.6 Å². The Bertz CT molecular complexity index is 1950. The molecule has 2 aromatic carbocycles. The van der Waals surface area contributed by atoms with Crippen molar-refractivity contribution in [3.05, 3.63) is 98.9 Å². The number of piperidine rings is 1. The van der Waals surface area contributed by atoms with Gasteiger partial charge in [-0.3, -0.25) is 14.4 Å². The van der Waals surface area contributed by atoms with E-state index in [1.54, 1.807) is 34.1 Å². The lowest BCUT2D eigenvalue weighted by atomic mass is 9.64. The summed E-state index contributed by atoms with van der Waals surface area (Å²) < 4.78 is 39.7. The standard InChI is InChI=1S/C34H30Cl2F3N7O4/c35-21-8-5-19(6-9-21)29-42-32-45(18-26(48)41-23-10-7-20(17-22(23)36)34(37,38)39)24-3-1-11-33(27(24)30(49)46(32)43-29)12-15-44(16-13-33)31(50)28-25(47)4-2-14-40-28/h2,4-10,14,17,29,43,47H,1,3,11-13,15-16,18H2,(H,41,48). The number of amides is 3. The largest absolute Gasteiger partial charge is 0.505 e. The maximum atomic E-state index is 14.5. The number of likely N-dealkylation sites (tertiary alicyclic amines) is 1. The molecule has 1 unspecified atom stereocenters. The quantitative estimate of drug-likeness (QED) is 0.288. The van der Waals surface area contributed by atoms with Crippen molar-refractivity contribution in [3.8, 4) is 5.75 Å². The Balaban J connectivity index is 1.20.